The van der Waals surface area contributed by atoms with Crippen molar-refractivity contribution in [3.63, 3.8) is 0 Å². The molecule has 4 heteroatoms. The van der Waals surface area contributed by atoms with Gasteiger partial charge in [-0.3, -0.25) is 4.79 Å². The summed E-state index contributed by atoms with van der Waals surface area (Å²) in [5.41, 5.74) is 7.53. The third kappa shape index (κ3) is 5.30. The van der Waals surface area contributed by atoms with Crippen LogP contribution in [0.3, 0.4) is 0 Å². The van der Waals surface area contributed by atoms with E-state index < -0.39 is 0 Å². The van der Waals surface area contributed by atoms with E-state index in [4.69, 9.17) is 5.73 Å². The number of nitrogens with two attached hydrogens (primary N) is 1. The van der Waals surface area contributed by atoms with Gasteiger partial charge in [-0.1, -0.05) is 12.1 Å². The SMILES string of the molecule is CCN(CC(=O)NC(C)(C)C)c1ccc(CN)cc1. The minimum Gasteiger partial charge on any atom is -0.363 e. The number of carbonyl (C=O) groups excluding carboxylic acids is 1. The van der Waals surface area contributed by atoms with Crippen molar-refractivity contribution in [3.05, 3.63) is 29.8 Å². The van der Waals surface area contributed by atoms with Gasteiger partial charge >= 0.3 is 0 Å². The van der Waals surface area contributed by atoms with Gasteiger partial charge in [-0.05, 0) is 45.4 Å². The average molecular weight is 263 g/mol. The van der Waals surface area contributed by atoms with E-state index in [1.807, 2.05) is 56.9 Å². The Morgan fingerprint density at radius 2 is 1.84 bits per heavy atom. The van der Waals surface area contributed by atoms with Crippen LogP contribution in [0, 0.1) is 0 Å². The minimum atomic E-state index is -0.195. The highest BCUT2D eigenvalue weighted by Gasteiger charge is 2.16. The first-order valence-corrected chi connectivity index (χ1v) is 6.70. The topological polar surface area (TPSA) is 58.4 Å². The summed E-state index contributed by atoms with van der Waals surface area (Å²) in [6.07, 6.45) is 0. The number of nitrogens with one attached hydrogen (secondary N) is 1. The molecule has 1 rings (SSSR count). The van der Waals surface area contributed by atoms with E-state index in [9.17, 15) is 4.79 Å². The summed E-state index contributed by atoms with van der Waals surface area (Å²) < 4.78 is 0. The lowest BCUT2D eigenvalue weighted by Crippen LogP contribution is -2.46. The van der Waals surface area contributed by atoms with E-state index in [2.05, 4.69) is 5.32 Å². The van der Waals surface area contributed by atoms with Crippen LogP contribution in [0.2, 0.25) is 0 Å². The number of nitrogens with zero attached hydrogens (tertiary/aromatic N) is 1. The van der Waals surface area contributed by atoms with E-state index in [0.29, 0.717) is 13.1 Å². The Morgan fingerprint density at radius 3 is 2.26 bits per heavy atom. The molecule has 1 aromatic carbocycles. The van der Waals surface area contributed by atoms with Crippen LogP contribution in [0.5, 0.6) is 0 Å². The molecule has 0 bridgehead atoms. The van der Waals surface area contributed by atoms with Crippen LogP contribution in [0.4, 0.5) is 5.69 Å². The lowest BCUT2D eigenvalue weighted by atomic mass is 10.1. The van der Waals surface area contributed by atoms with Gasteiger partial charge in [0.25, 0.3) is 0 Å². The maximum Gasteiger partial charge on any atom is 0.239 e. The van der Waals surface area contributed by atoms with E-state index in [1.54, 1.807) is 0 Å². The molecule has 0 saturated heterocycles. The first-order valence-electron chi connectivity index (χ1n) is 6.70. The number of carbonyl (C=O) groups is 1. The monoisotopic (exact) mass is 263 g/mol. The fraction of sp³-hybridized carbons (Fsp3) is 0.533. The van der Waals surface area contributed by atoms with E-state index in [-0.39, 0.29) is 11.4 Å². The lowest BCUT2D eigenvalue weighted by Gasteiger charge is -2.26. The molecule has 0 heterocycles. The van der Waals surface area contributed by atoms with Crippen molar-refractivity contribution in [1.82, 2.24) is 5.32 Å². The highest BCUT2D eigenvalue weighted by atomic mass is 16.2. The Bertz CT molecular complexity index is 406. The number of hydrogen-bond acceptors (Lipinski definition) is 3. The van der Waals surface area contributed by atoms with Crippen molar-refractivity contribution in [2.75, 3.05) is 18.0 Å². The first kappa shape index (κ1) is 15.5. The first-order chi connectivity index (χ1) is 8.85. The Balaban J connectivity index is 2.69. The molecule has 3 N–H and O–H groups in total. The van der Waals surface area contributed by atoms with Crippen molar-refractivity contribution in [2.45, 2.75) is 39.8 Å². The van der Waals surface area contributed by atoms with Gasteiger partial charge in [0.1, 0.15) is 0 Å². The van der Waals surface area contributed by atoms with Gasteiger partial charge < -0.3 is 16.0 Å². The lowest BCUT2D eigenvalue weighted by molar-refractivity contribution is -0.121. The van der Waals surface area contributed by atoms with Crippen LogP contribution in [-0.2, 0) is 11.3 Å². The van der Waals surface area contributed by atoms with Crippen molar-refractivity contribution in [1.29, 1.82) is 0 Å². The fourth-order valence-corrected chi connectivity index (χ4v) is 1.86. The molecule has 0 aliphatic heterocycles. The zero-order chi connectivity index (χ0) is 14.5. The van der Waals surface area contributed by atoms with Crippen LogP contribution < -0.4 is 16.0 Å². The largest absolute Gasteiger partial charge is 0.363 e. The van der Waals surface area contributed by atoms with E-state index in [1.165, 1.54) is 0 Å². The Labute approximate surface area is 116 Å². The summed E-state index contributed by atoms with van der Waals surface area (Å²) in [5.74, 6) is 0.0391. The maximum absolute atomic E-state index is 12.0. The molecule has 0 aliphatic carbocycles. The number of hydrogen-bond donors (Lipinski definition) is 2. The van der Waals surface area contributed by atoms with Crippen molar-refractivity contribution >= 4 is 11.6 Å². The second-order valence-electron chi connectivity index (χ2n) is 5.68. The number of amides is 1. The van der Waals surface area contributed by atoms with Crippen molar-refractivity contribution in [3.8, 4) is 0 Å². The molecule has 0 atom stereocenters. The smallest absolute Gasteiger partial charge is 0.239 e. The summed E-state index contributed by atoms with van der Waals surface area (Å²) in [5, 5.41) is 2.98. The summed E-state index contributed by atoms with van der Waals surface area (Å²) in [4.78, 5) is 14.0. The highest BCUT2D eigenvalue weighted by molar-refractivity contribution is 5.81. The van der Waals surface area contributed by atoms with Gasteiger partial charge in [-0.25, -0.2) is 0 Å². The molecule has 1 aromatic rings. The van der Waals surface area contributed by atoms with Crippen LogP contribution in [0.25, 0.3) is 0 Å². The molecule has 0 aliphatic rings. The summed E-state index contributed by atoms with van der Waals surface area (Å²) in [6, 6.07) is 8.02. The molecule has 0 spiro atoms. The third-order valence-corrected chi connectivity index (χ3v) is 2.77. The second-order valence-corrected chi connectivity index (χ2v) is 5.68. The van der Waals surface area contributed by atoms with Gasteiger partial charge in [0.05, 0.1) is 6.54 Å². The van der Waals surface area contributed by atoms with Gasteiger partial charge in [0.2, 0.25) is 5.91 Å². The van der Waals surface area contributed by atoms with E-state index >= 15 is 0 Å². The molecule has 4 nitrogen and oxygen atoms in total. The standard InChI is InChI=1S/C15H25N3O/c1-5-18(11-14(19)17-15(2,3)4)13-8-6-12(10-16)7-9-13/h6-9H,5,10-11,16H2,1-4H3,(H,17,19). The fourth-order valence-electron chi connectivity index (χ4n) is 1.86. The zero-order valence-electron chi connectivity index (χ0n) is 12.4. The Morgan fingerprint density at radius 1 is 1.26 bits per heavy atom. The van der Waals surface area contributed by atoms with Crippen LogP contribution >= 0.6 is 0 Å². The molecular weight excluding hydrogens is 238 g/mol. The average Bonchev–Trinajstić information content (AvgIpc) is 2.34. The van der Waals surface area contributed by atoms with Crippen LogP contribution in [0.15, 0.2) is 24.3 Å². The van der Waals surface area contributed by atoms with Gasteiger partial charge in [0, 0.05) is 24.3 Å². The summed E-state index contributed by atoms with van der Waals surface area (Å²) in [7, 11) is 0. The molecule has 106 valence electrons. The summed E-state index contributed by atoms with van der Waals surface area (Å²) >= 11 is 0. The number of anilines is 1. The highest BCUT2D eigenvalue weighted by Crippen LogP contribution is 2.15. The van der Waals surface area contributed by atoms with Crippen molar-refractivity contribution < 1.29 is 4.79 Å². The zero-order valence-corrected chi connectivity index (χ0v) is 12.4. The molecule has 0 radical (unpaired) electrons. The molecule has 19 heavy (non-hydrogen) atoms. The second kappa shape index (κ2) is 6.57. The third-order valence-electron chi connectivity index (χ3n) is 2.77. The van der Waals surface area contributed by atoms with Gasteiger partial charge in [-0.15, -0.1) is 0 Å². The molecular formula is C15H25N3O. The molecule has 0 saturated carbocycles. The predicted molar refractivity (Wildman–Crippen MR) is 80.1 cm³/mol. The number of benzene rings is 1. The predicted octanol–water partition coefficient (Wildman–Crippen LogP) is 1.89. The Kier molecular flexibility index (Phi) is 5.36. The maximum atomic E-state index is 12.0. The minimum absolute atomic E-state index is 0.0391. The van der Waals surface area contributed by atoms with Gasteiger partial charge in [-0.2, -0.15) is 0 Å². The molecule has 0 fully saturated rings. The Hall–Kier alpha value is -1.55. The molecule has 1 amide bonds. The van der Waals surface area contributed by atoms with E-state index in [0.717, 1.165) is 17.8 Å². The summed E-state index contributed by atoms with van der Waals surface area (Å²) in [6.45, 7) is 9.69. The molecule has 0 aromatic heterocycles. The van der Waals surface area contributed by atoms with Crippen molar-refractivity contribution in [2.24, 2.45) is 5.73 Å². The normalized spacial score (nSPS) is 11.2. The van der Waals surface area contributed by atoms with Gasteiger partial charge in [0.15, 0.2) is 0 Å². The number of rotatable bonds is 5. The molecule has 0 unspecified atom stereocenters. The van der Waals surface area contributed by atoms with Crippen LogP contribution in [0.1, 0.15) is 33.3 Å². The number of likely N-dealkylation sites (N-methyl/N-ethyl adjacent to an activating group) is 1. The quantitative estimate of drug-likeness (QED) is 0.853. The van der Waals surface area contributed by atoms with Crippen LogP contribution in [-0.4, -0.2) is 24.5 Å².